The Hall–Kier alpha value is -2.14. The molecule has 1 aromatic carbocycles. The normalized spacial score (nSPS) is 12.2. The maximum Gasteiger partial charge on any atom is 0.251 e. The van der Waals surface area contributed by atoms with Gasteiger partial charge in [-0.2, -0.15) is 5.10 Å². The number of nitrogens with zero attached hydrogens (tertiary/aromatic N) is 2. The van der Waals surface area contributed by atoms with Gasteiger partial charge in [0, 0.05) is 31.5 Å². The Morgan fingerprint density at radius 2 is 2.13 bits per heavy atom. The topological polar surface area (TPSA) is 56.1 Å². The van der Waals surface area contributed by atoms with Crippen molar-refractivity contribution in [3.63, 3.8) is 0 Å². The van der Waals surface area contributed by atoms with Gasteiger partial charge in [-0.3, -0.25) is 9.48 Å². The number of nitrogens with one attached hydrogen (secondary N) is 1. The first-order valence-electron chi connectivity index (χ1n) is 7.86. The monoisotopic (exact) mass is 315 g/mol. The Balaban J connectivity index is 1.88. The Labute approximate surface area is 137 Å². The molecule has 0 spiro atoms. The molecule has 0 fully saturated rings. The Kier molecular flexibility index (Phi) is 5.93. The van der Waals surface area contributed by atoms with E-state index in [4.69, 9.17) is 4.74 Å². The number of methoxy groups -OCH3 is 1. The Bertz CT molecular complexity index is 664. The molecule has 0 bridgehead atoms. The minimum absolute atomic E-state index is 0.0526. The number of amides is 1. The minimum Gasteiger partial charge on any atom is -0.380 e. The number of carbonyl (C=O) groups is 1. The van der Waals surface area contributed by atoms with E-state index in [9.17, 15) is 4.79 Å². The van der Waals surface area contributed by atoms with Crippen LogP contribution in [0.25, 0.3) is 0 Å². The van der Waals surface area contributed by atoms with Gasteiger partial charge in [-0.15, -0.1) is 0 Å². The number of carbonyl (C=O) groups excluding carboxylic acids is 1. The first-order chi connectivity index (χ1) is 11.0. The van der Waals surface area contributed by atoms with Crippen LogP contribution >= 0.6 is 0 Å². The molecule has 0 aliphatic rings. The molecule has 1 atom stereocenters. The van der Waals surface area contributed by atoms with Crippen LogP contribution in [0.2, 0.25) is 0 Å². The van der Waals surface area contributed by atoms with Crippen molar-refractivity contribution in [2.24, 2.45) is 5.92 Å². The SMILES string of the molecule is COCc1cccc(C(=O)NC[C@@H](C)Cn2nc(C)cc2C)c1. The van der Waals surface area contributed by atoms with Gasteiger partial charge in [0.15, 0.2) is 0 Å². The number of aromatic nitrogens is 2. The maximum atomic E-state index is 12.3. The van der Waals surface area contributed by atoms with Crippen LogP contribution < -0.4 is 5.32 Å². The molecule has 1 aromatic heterocycles. The van der Waals surface area contributed by atoms with Crippen LogP contribution in [0.5, 0.6) is 0 Å². The number of benzene rings is 1. The Morgan fingerprint density at radius 1 is 1.35 bits per heavy atom. The van der Waals surface area contributed by atoms with Crippen LogP contribution in [0.4, 0.5) is 0 Å². The molecule has 124 valence electrons. The van der Waals surface area contributed by atoms with Crippen LogP contribution in [0.1, 0.15) is 34.2 Å². The van der Waals surface area contributed by atoms with Gasteiger partial charge in [0.1, 0.15) is 0 Å². The lowest BCUT2D eigenvalue weighted by molar-refractivity contribution is 0.0946. The highest BCUT2D eigenvalue weighted by Gasteiger charge is 2.10. The van der Waals surface area contributed by atoms with E-state index in [1.807, 2.05) is 42.8 Å². The molecule has 0 aliphatic heterocycles. The highest BCUT2D eigenvalue weighted by molar-refractivity contribution is 5.94. The zero-order chi connectivity index (χ0) is 16.8. The molecule has 23 heavy (non-hydrogen) atoms. The number of hydrogen-bond acceptors (Lipinski definition) is 3. The predicted octanol–water partition coefficient (Wildman–Crippen LogP) is 2.71. The van der Waals surface area contributed by atoms with E-state index in [1.165, 1.54) is 0 Å². The van der Waals surface area contributed by atoms with Crippen molar-refractivity contribution in [1.29, 1.82) is 0 Å². The fourth-order valence-electron chi connectivity index (χ4n) is 2.56. The van der Waals surface area contributed by atoms with Gasteiger partial charge in [0.05, 0.1) is 12.3 Å². The van der Waals surface area contributed by atoms with E-state index in [2.05, 4.69) is 23.4 Å². The van der Waals surface area contributed by atoms with Crippen LogP contribution in [-0.4, -0.2) is 29.3 Å². The summed E-state index contributed by atoms with van der Waals surface area (Å²) in [5, 5.41) is 7.45. The molecular formula is C18H25N3O2. The summed E-state index contributed by atoms with van der Waals surface area (Å²) in [6.07, 6.45) is 0. The average molecular weight is 315 g/mol. The molecule has 0 unspecified atom stereocenters. The number of aryl methyl sites for hydroxylation is 2. The van der Waals surface area contributed by atoms with E-state index in [1.54, 1.807) is 7.11 Å². The van der Waals surface area contributed by atoms with E-state index in [0.717, 1.165) is 23.5 Å². The summed E-state index contributed by atoms with van der Waals surface area (Å²) in [7, 11) is 1.65. The first-order valence-corrected chi connectivity index (χ1v) is 7.86. The van der Waals surface area contributed by atoms with E-state index < -0.39 is 0 Å². The van der Waals surface area contributed by atoms with Gasteiger partial charge in [-0.1, -0.05) is 19.1 Å². The number of hydrogen-bond donors (Lipinski definition) is 1. The predicted molar refractivity (Wildman–Crippen MR) is 90.4 cm³/mol. The third kappa shape index (κ3) is 4.93. The summed E-state index contributed by atoms with van der Waals surface area (Å²) in [6.45, 7) is 8.07. The molecule has 1 heterocycles. The molecule has 1 N–H and O–H groups in total. The molecular weight excluding hydrogens is 290 g/mol. The molecule has 0 saturated carbocycles. The van der Waals surface area contributed by atoms with Gasteiger partial charge in [0.2, 0.25) is 0 Å². The molecule has 1 amide bonds. The second-order valence-electron chi connectivity index (χ2n) is 6.06. The van der Waals surface area contributed by atoms with Crippen molar-refractivity contribution in [3.8, 4) is 0 Å². The second-order valence-corrected chi connectivity index (χ2v) is 6.06. The standard InChI is InChI=1S/C18H25N3O2/c1-13(11-21-15(3)8-14(2)20-21)10-19-18(22)17-7-5-6-16(9-17)12-23-4/h5-9,13H,10-12H2,1-4H3,(H,19,22)/t13-/m1/s1. The summed E-state index contributed by atoms with van der Waals surface area (Å²) in [6, 6.07) is 9.57. The van der Waals surface area contributed by atoms with Crippen LogP contribution in [0.15, 0.2) is 30.3 Å². The third-order valence-corrected chi connectivity index (χ3v) is 3.70. The second kappa shape index (κ2) is 7.92. The average Bonchev–Trinajstić information content (AvgIpc) is 2.83. The van der Waals surface area contributed by atoms with Gasteiger partial charge in [0.25, 0.3) is 5.91 Å². The summed E-state index contributed by atoms with van der Waals surface area (Å²) in [5.41, 5.74) is 3.83. The lowest BCUT2D eigenvalue weighted by atomic mass is 10.1. The number of rotatable bonds is 7. The van der Waals surface area contributed by atoms with Gasteiger partial charge in [-0.05, 0) is 43.5 Å². The van der Waals surface area contributed by atoms with Crippen molar-refractivity contribution in [3.05, 3.63) is 52.8 Å². The highest BCUT2D eigenvalue weighted by atomic mass is 16.5. The molecule has 0 radical (unpaired) electrons. The lowest BCUT2D eigenvalue weighted by Crippen LogP contribution is -2.30. The van der Waals surface area contributed by atoms with Crippen molar-refractivity contribution < 1.29 is 9.53 Å². The highest BCUT2D eigenvalue weighted by Crippen LogP contribution is 2.08. The fourth-order valence-corrected chi connectivity index (χ4v) is 2.56. The molecule has 2 rings (SSSR count). The zero-order valence-corrected chi connectivity index (χ0v) is 14.3. The molecule has 0 aliphatic carbocycles. The van der Waals surface area contributed by atoms with E-state index in [0.29, 0.717) is 24.6 Å². The molecule has 0 saturated heterocycles. The minimum atomic E-state index is -0.0526. The third-order valence-electron chi connectivity index (χ3n) is 3.70. The molecule has 2 aromatic rings. The fraction of sp³-hybridized carbons (Fsp3) is 0.444. The quantitative estimate of drug-likeness (QED) is 0.854. The molecule has 5 nitrogen and oxygen atoms in total. The summed E-state index contributed by atoms with van der Waals surface area (Å²) in [4.78, 5) is 12.3. The van der Waals surface area contributed by atoms with Gasteiger partial charge >= 0.3 is 0 Å². The Morgan fingerprint density at radius 3 is 2.78 bits per heavy atom. The maximum absolute atomic E-state index is 12.3. The van der Waals surface area contributed by atoms with Gasteiger partial charge in [-0.25, -0.2) is 0 Å². The van der Waals surface area contributed by atoms with Crippen molar-refractivity contribution in [2.75, 3.05) is 13.7 Å². The zero-order valence-electron chi connectivity index (χ0n) is 14.3. The smallest absolute Gasteiger partial charge is 0.251 e. The largest absolute Gasteiger partial charge is 0.380 e. The van der Waals surface area contributed by atoms with E-state index >= 15 is 0 Å². The molecule has 5 heteroatoms. The van der Waals surface area contributed by atoms with Crippen molar-refractivity contribution >= 4 is 5.91 Å². The number of ether oxygens (including phenoxy) is 1. The van der Waals surface area contributed by atoms with Crippen molar-refractivity contribution in [1.82, 2.24) is 15.1 Å². The van der Waals surface area contributed by atoms with Crippen LogP contribution in [0, 0.1) is 19.8 Å². The lowest BCUT2D eigenvalue weighted by Gasteiger charge is -2.14. The van der Waals surface area contributed by atoms with Crippen molar-refractivity contribution in [2.45, 2.75) is 33.9 Å². The summed E-state index contributed by atoms with van der Waals surface area (Å²) < 4.78 is 7.09. The van der Waals surface area contributed by atoms with Crippen LogP contribution in [0.3, 0.4) is 0 Å². The first kappa shape index (κ1) is 17.2. The van der Waals surface area contributed by atoms with Gasteiger partial charge < -0.3 is 10.1 Å². The summed E-state index contributed by atoms with van der Waals surface area (Å²) in [5.74, 6) is 0.252. The van der Waals surface area contributed by atoms with Crippen LogP contribution in [-0.2, 0) is 17.9 Å². The summed E-state index contributed by atoms with van der Waals surface area (Å²) >= 11 is 0. The van der Waals surface area contributed by atoms with E-state index in [-0.39, 0.29) is 5.91 Å².